The fourth-order valence-electron chi connectivity index (χ4n) is 8.61. The van der Waals surface area contributed by atoms with Gasteiger partial charge < -0.3 is 44.6 Å². The number of nitrogens with one attached hydrogen (secondary N) is 4. The summed E-state index contributed by atoms with van der Waals surface area (Å²) < 4.78 is 16.1. The standard InChI is InChI=1S/C47H54N10O7/c1-26(2)38(53-46(60)62-5)44(58)56-20-10-14-36(56)41-49-32-18-16-29(22-34(32)51-41)31-24-48-40(55-43(31)64-25-28-12-8-7-9-13-28)30-17-19-33-35(23-30)52-42(50-33)37-15-11-21-57(37)45(59)39(27(3)4)54-47(61)63-6/h7-9,12-13,16-19,22-24,26-27,36-39H,10-11,14-15,20-21,25H2,1-6H3,(H,49,51)(H,50,52)(H,53,60)(H,54,61)/t36?,37?,38?,39-/m0/s1. The highest BCUT2D eigenvalue weighted by Gasteiger charge is 2.39. The van der Waals surface area contributed by atoms with Crippen LogP contribution in [0.1, 0.15) is 82.7 Å². The largest absolute Gasteiger partial charge is 0.472 e. The molecule has 4 N–H and O–H groups in total. The summed E-state index contributed by atoms with van der Waals surface area (Å²) in [5, 5.41) is 5.41. The van der Waals surface area contributed by atoms with Gasteiger partial charge in [-0.1, -0.05) is 64.1 Å². The molecule has 17 heteroatoms. The van der Waals surface area contributed by atoms with Crippen LogP contribution in [-0.2, 0) is 25.7 Å². The van der Waals surface area contributed by atoms with E-state index in [1.165, 1.54) is 14.2 Å². The number of ether oxygens (including phenoxy) is 3. The van der Waals surface area contributed by atoms with E-state index in [0.29, 0.717) is 42.0 Å². The molecule has 0 bridgehead atoms. The summed E-state index contributed by atoms with van der Waals surface area (Å²) in [7, 11) is 2.56. The van der Waals surface area contributed by atoms with Gasteiger partial charge in [0.15, 0.2) is 5.82 Å². The number of rotatable bonds is 13. The van der Waals surface area contributed by atoms with Crippen molar-refractivity contribution >= 4 is 46.1 Å². The van der Waals surface area contributed by atoms with E-state index in [-0.39, 0.29) is 42.3 Å². The van der Waals surface area contributed by atoms with Gasteiger partial charge in [-0.15, -0.1) is 0 Å². The van der Waals surface area contributed by atoms with Crippen LogP contribution in [0.2, 0.25) is 0 Å². The molecule has 0 spiro atoms. The Labute approximate surface area is 370 Å². The molecule has 3 unspecified atom stereocenters. The molecule has 6 aromatic rings. The fraction of sp³-hybridized carbons (Fsp3) is 0.404. The minimum absolute atomic E-state index is 0.144. The maximum atomic E-state index is 13.8. The third kappa shape index (κ3) is 9.05. The van der Waals surface area contributed by atoms with Gasteiger partial charge in [-0.25, -0.2) is 24.5 Å². The molecule has 5 heterocycles. The van der Waals surface area contributed by atoms with Crippen LogP contribution in [0.4, 0.5) is 9.59 Å². The topological polar surface area (TPSA) is 210 Å². The average molecular weight is 871 g/mol. The molecule has 2 fully saturated rings. The van der Waals surface area contributed by atoms with Gasteiger partial charge in [0.1, 0.15) is 30.3 Å². The van der Waals surface area contributed by atoms with Crippen molar-refractivity contribution in [2.75, 3.05) is 27.3 Å². The molecule has 4 atom stereocenters. The summed E-state index contributed by atoms with van der Waals surface area (Å²) in [4.78, 5) is 81.9. The number of carbonyl (C=O) groups excluding carboxylic acids is 4. The van der Waals surface area contributed by atoms with Crippen molar-refractivity contribution in [3.63, 3.8) is 0 Å². The molecule has 2 aliphatic heterocycles. The number of H-pyrrole nitrogens is 2. The number of benzene rings is 3. The van der Waals surface area contributed by atoms with Crippen LogP contribution >= 0.6 is 0 Å². The van der Waals surface area contributed by atoms with Crippen molar-refractivity contribution < 1.29 is 33.4 Å². The SMILES string of the molecule is COC(=O)NC(C(=O)N1CCCC1c1nc2ccc(-c3cnc(-c4ccc5nc(C6CCCN6C(=O)[C@@H](NC(=O)OC)C(C)C)[nH]c5c4)nc3OCc3ccccc3)cc2[nH]1)C(C)C. The zero-order chi connectivity index (χ0) is 45.1. The lowest BCUT2D eigenvalue weighted by Gasteiger charge is -2.29. The molecule has 0 aliphatic carbocycles. The van der Waals surface area contributed by atoms with Gasteiger partial charge in [-0.3, -0.25) is 9.59 Å². The van der Waals surface area contributed by atoms with Gasteiger partial charge in [0.2, 0.25) is 17.7 Å². The number of nitrogens with zero attached hydrogens (tertiary/aromatic N) is 6. The number of aromatic nitrogens is 6. The molecule has 17 nitrogen and oxygen atoms in total. The minimum atomic E-state index is -0.734. The van der Waals surface area contributed by atoms with E-state index in [2.05, 4.69) is 20.6 Å². The Kier molecular flexibility index (Phi) is 12.8. The van der Waals surface area contributed by atoms with Crippen LogP contribution in [-0.4, -0.2) is 103 Å². The number of methoxy groups -OCH3 is 2. The Morgan fingerprint density at radius 1 is 0.703 bits per heavy atom. The molecule has 0 radical (unpaired) electrons. The maximum Gasteiger partial charge on any atom is 0.407 e. The normalized spacial score (nSPS) is 17.2. The van der Waals surface area contributed by atoms with Crippen molar-refractivity contribution in [2.24, 2.45) is 11.8 Å². The van der Waals surface area contributed by atoms with Crippen LogP contribution in [0.15, 0.2) is 72.9 Å². The third-order valence-electron chi connectivity index (χ3n) is 12.0. The molecule has 4 amide bonds. The van der Waals surface area contributed by atoms with Crippen molar-refractivity contribution in [3.8, 4) is 28.4 Å². The predicted octanol–water partition coefficient (Wildman–Crippen LogP) is 7.23. The van der Waals surface area contributed by atoms with Gasteiger partial charge in [0, 0.05) is 24.8 Å². The van der Waals surface area contributed by atoms with Crippen LogP contribution in [0.25, 0.3) is 44.6 Å². The average Bonchev–Trinajstić information content (AvgIpc) is 4.14. The predicted molar refractivity (Wildman–Crippen MR) is 239 cm³/mol. The van der Waals surface area contributed by atoms with Gasteiger partial charge >= 0.3 is 12.2 Å². The summed E-state index contributed by atoms with van der Waals surface area (Å²) in [5.41, 5.74) is 6.23. The second-order valence-corrected chi connectivity index (χ2v) is 17.0. The Morgan fingerprint density at radius 3 is 1.73 bits per heavy atom. The van der Waals surface area contributed by atoms with E-state index in [1.807, 2.05) is 94.4 Å². The van der Waals surface area contributed by atoms with Crippen molar-refractivity contribution in [2.45, 2.75) is 84.2 Å². The number of fused-ring (bicyclic) bond motifs is 2. The summed E-state index contributed by atoms with van der Waals surface area (Å²) in [6, 6.07) is 19.5. The smallest absolute Gasteiger partial charge is 0.407 e. The number of aromatic amines is 2. The first kappa shape index (κ1) is 43.6. The first-order chi connectivity index (χ1) is 30.9. The first-order valence-electron chi connectivity index (χ1n) is 21.8. The first-order valence-corrected chi connectivity index (χ1v) is 21.8. The van der Waals surface area contributed by atoms with Crippen LogP contribution < -0.4 is 15.4 Å². The number of hydrogen-bond donors (Lipinski definition) is 4. The van der Waals surface area contributed by atoms with Crippen molar-refractivity contribution in [3.05, 3.63) is 90.1 Å². The van der Waals surface area contributed by atoms with Crippen LogP contribution in [0, 0.1) is 11.8 Å². The fourth-order valence-corrected chi connectivity index (χ4v) is 8.61. The Morgan fingerprint density at radius 2 is 1.22 bits per heavy atom. The zero-order valence-electron chi connectivity index (χ0n) is 36.9. The number of alkyl carbamates (subject to hydrolysis) is 2. The Hall–Kier alpha value is -7.04. The second kappa shape index (κ2) is 18.7. The lowest BCUT2D eigenvalue weighted by atomic mass is 10.0. The number of likely N-dealkylation sites (tertiary alicyclic amines) is 2. The Bertz CT molecular complexity index is 2660. The molecular formula is C47H54N10O7. The molecular weight excluding hydrogens is 817 g/mol. The highest BCUT2D eigenvalue weighted by Crippen LogP contribution is 2.37. The molecule has 334 valence electrons. The molecule has 64 heavy (non-hydrogen) atoms. The number of hydrogen-bond acceptors (Lipinski definition) is 11. The lowest BCUT2D eigenvalue weighted by molar-refractivity contribution is -0.136. The zero-order valence-corrected chi connectivity index (χ0v) is 36.9. The lowest BCUT2D eigenvalue weighted by Crippen LogP contribution is -2.51. The van der Waals surface area contributed by atoms with Gasteiger partial charge in [-0.05, 0) is 79.0 Å². The van der Waals surface area contributed by atoms with Gasteiger partial charge in [0.05, 0.1) is 53.9 Å². The van der Waals surface area contributed by atoms with E-state index in [1.54, 1.807) is 16.0 Å². The second-order valence-electron chi connectivity index (χ2n) is 17.0. The van der Waals surface area contributed by atoms with E-state index in [0.717, 1.165) is 64.4 Å². The van der Waals surface area contributed by atoms with E-state index < -0.39 is 24.3 Å². The van der Waals surface area contributed by atoms with Crippen LogP contribution in [0.3, 0.4) is 0 Å². The number of amides is 4. The van der Waals surface area contributed by atoms with Crippen molar-refractivity contribution in [1.82, 2.24) is 50.3 Å². The summed E-state index contributed by atoms with van der Waals surface area (Å²) in [6.07, 6.45) is 3.54. The maximum absolute atomic E-state index is 13.8. The molecule has 3 aromatic heterocycles. The summed E-state index contributed by atoms with van der Waals surface area (Å²) in [6.45, 7) is 8.94. The highest BCUT2D eigenvalue weighted by molar-refractivity contribution is 5.88. The van der Waals surface area contributed by atoms with E-state index in [4.69, 9.17) is 34.1 Å². The minimum Gasteiger partial charge on any atom is -0.472 e. The van der Waals surface area contributed by atoms with E-state index in [9.17, 15) is 19.2 Å². The number of imidazole rings is 2. The third-order valence-corrected chi connectivity index (χ3v) is 12.0. The Balaban J connectivity index is 1.07. The molecule has 0 saturated carbocycles. The van der Waals surface area contributed by atoms with E-state index >= 15 is 0 Å². The molecule has 2 aliphatic rings. The van der Waals surface area contributed by atoms with Crippen molar-refractivity contribution in [1.29, 1.82) is 0 Å². The quantitative estimate of drug-likeness (QED) is 0.0910. The molecule has 8 rings (SSSR count). The summed E-state index contributed by atoms with van der Waals surface area (Å²) >= 11 is 0. The molecule has 3 aromatic carbocycles. The summed E-state index contributed by atoms with van der Waals surface area (Å²) in [5.74, 6) is 1.55. The monoisotopic (exact) mass is 870 g/mol. The highest BCUT2D eigenvalue weighted by atomic mass is 16.5. The van der Waals surface area contributed by atoms with Crippen LogP contribution in [0.5, 0.6) is 5.88 Å². The van der Waals surface area contributed by atoms with Gasteiger partial charge in [-0.2, -0.15) is 4.98 Å². The number of carbonyl (C=O) groups is 4. The van der Waals surface area contributed by atoms with Gasteiger partial charge in [0.25, 0.3) is 0 Å². The molecule has 2 saturated heterocycles.